The number of carbonyl (C=O) groups is 2. The molecule has 1 heterocycles. The number of fused-ring (bicyclic) bond motifs is 1. The molecule has 5 nitrogen and oxygen atoms in total. The molecule has 1 unspecified atom stereocenters. The van der Waals surface area contributed by atoms with Crippen LogP contribution >= 0.6 is 0 Å². The van der Waals surface area contributed by atoms with Crippen LogP contribution in [0.15, 0.2) is 24.3 Å². The van der Waals surface area contributed by atoms with Crippen molar-refractivity contribution >= 4 is 11.8 Å². The van der Waals surface area contributed by atoms with Gasteiger partial charge in [-0.25, -0.2) is 0 Å². The molecule has 2 rings (SSSR count). The Hall–Kier alpha value is -1.72. The van der Waals surface area contributed by atoms with Gasteiger partial charge < -0.3 is 9.84 Å². The number of β-amino-alcohol motifs (C(OH)–C–C–N with tert-alkyl or cyclic N) is 1. The van der Waals surface area contributed by atoms with E-state index < -0.39 is 5.60 Å². The molecule has 2 amide bonds. The van der Waals surface area contributed by atoms with Crippen molar-refractivity contribution in [3.8, 4) is 0 Å². The van der Waals surface area contributed by atoms with Crippen molar-refractivity contribution in [3.63, 3.8) is 0 Å². The van der Waals surface area contributed by atoms with E-state index in [2.05, 4.69) is 0 Å². The number of ether oxygens (including phenoxy) is 1. The van der Waals surface area contributed by atoms with Crippen molar-refractivity contribution in [2.24, 2.45) is 0 Å². The van der Waals surface area contributed by atoms with Gasteiger partial charge in [-0.15, -0.1) is 0 Å². The zero-order valence-corrected chi connectivity index (χ0v) is 11.0. The summed E-state index contributed by atoms with van der Waals surface area (Å²) in [6.07, 6.45) is 0.358. The summed E-state index contributed by atoms with van der Waals surface area (Å²) in [7, 11) is 1.54. The van der Waals surface area contributed by atoms with E-state index in [4.69, 9.17) is 4.74 Å². The van der Waals surface area contributed by atoms with Crippen molar-refractivity contribution in [2.75, 3.05) is 20.3 Å². The van der Waals surface area contributed by atoms with E-state index in [0.29, 0.717) is 24.2 Å². The highest BCUT2D eigenvalue weighted by Crippen LogP contribution is 2.25. The number of hydrogen-bond donors (Lipinski definition) is 1. The summed E-state index contributed by atoms with van der Waals surface area (Å²) >= 11 is 0. The van der Waals surface area contributed by atoms with E-state index in [1.54, 1.807) is 31.2 Å². The van der Waals surface area contributed by atoms with Crippen LogP contribution in [0.4, 0.5) is 0 Å². The SMILES string of the molecule is COCCC(C)(O)CN1C(=O)c2ccccc2C1=O. The van der Waals surface area contributed by atoms with Gasteiger partial charge in [0.2, 0.25) is 0 Å². The topological polar surface area (TPSA) is 66.8 Å². The minimum Gasteiger partial charge on any atom is -0.388 e. The third-order valence-corrected chi connectivity index (χ3v) is 3.22. The van der Waals surface area contributed by atoms with E-state index in [9.17, 15) is 14.7 Å². The second-order valence-corrected chi connectivity index (χ2v) is 4.98. The summed E-state index contributed by atoms with van der Waals surface area (Å²) in [5.74, 6) is -0.698. The van der Waals surface area contributed by atoms with Crippen molar-refractivity contribution in [1.29, 1.82) is 0 Å². The van der Waals surface area contributed by atoms with Crippen molar-refractivity contribution < 1.29 is 19.4 Å². The van der Waals surface area contributed by atoms with Crippen LogP contribution in [0.25, 0.3) is 0 Å². The lowest BCUT2D eigenvalue weighted by Crippen LogP contribution is -2.44. The molecule has 0 bridgehead atoms. The first-order valence-electron chi connectivity index (χ1n) is 6.13. The van der Waals surface area contributed by atoms with Crippen molar-refractivity contribution in [3.05, 3.63) is 35.4 Å². The van der Waals surface area contributed by atoms with Crippen LogP contribution in [0.5, 0.6) is 0 Å². The largest absolute Gasteiger partial charge is 0.388 e. The number of imide groups is 1. The molecule has 0 saturated heterocycles. The zero-order chi connectivity index (χ0) is 14.0. The summed E-state index contributed by atoms with van der Waals surface area (Å²) < 4.78 is 4.91. The van der Waals surface area contributed by atoms with Gasteiger partial charge in [-0.3, -0.25) is 14.5 Å². The van der Waals surface area contributed by atoms with Gasteiger partial charge in [0.25, 0.3) is 11.8 Å². The molecule has 1 aromatic rings. The summed E-state index contributed by atoms with van der Waals surface area (Å²) in [5.41, 5.74) is -0.353. The van der Waals surface area contributed by atoms with Crippen LogP contribution in [0.2, 0.25) is 0 Å². The highest BCUT2D eigenvalue weighted by molar-refractivity contribution is 6.21. The Kier molecular flexibility index (Phi) is 3.68. The normalized spacial score (nSPS) is 17.5. The molecule has 5 heteroatoms. The Morgan fingerprint density at radius 3 is 2.21 bits per heavy atom. The summed E-state index contributed by atoms with van der Waals surface area (Å²) in [4.78, 5) is 25.3. The fourth-order valence-electron chi connectivity index (χ4n) is 2.12. The first-order chi connectivity index (χ1) is 8.96. The smallest absolute Gasteiger partial charge is 0.261 e. The number of amides is 2. The predicted octanol–water partition coefficient (Wildman–Crippen LogP) is 1.07. The molecule has 1 aliphatic rings. The molecule has 102 valence electrons. The molecule has 0 radical (unpaired) electrons. The van der Waals surface area contributed by atoms with E-state index in [-0.39, 0.29) is 18.4 Å². The molecule has 19 heavy (non-hydrogen) atoms. The molecule has 0 fully saturated rings. The van der Waals surface area contributed by atoms with Gasteiger partial charge in [0.1, 0.15) is 0 Å². The lowest BCUT2D eigenvalue weighted by atomic mass is 10.0. The molecule has 0 aliphatic carbocycles. The lowest BCUT2D eigenvalue weighted by Gasteiger charge is -2.27. The maximum absolute atomic E-state index is 12.1. The predicted molar refractivity (Wildman–Crippen MR) is 68.9 cm³/mol. The minimum atomic E-state index is -1.15. The maximum atomic E-state index is 12.1. The summed E-state index contributed by atoms with van der Waals surface area (Å²) in [6.45, 7) is 1.94. The number of nitrogens with zero attached hydrogens (tertiary/aromatic N) is 1. The van der Waals surface area contributed by atoms with Crippen LogP contribution in [0, 0.1) is 0 Å². The molecule has 0 spiro atoms. The third kappa shape index (κ3) is 2.67. The number of rotatable bonds is 5. The molecule has 0 saturated carbocycles. The zero-order valence-electron chi connectivity index (χ0n) is 11.0. The van der Waals surface area contributed by atoms with E-state index in [1.807, 2.05) is 0 Å². The highest BCUT2D eigenvalue weighted by Gasteiger charge is 2.38. The number of carbonyl (C=O) groups excluding carboxylic acids is 2. The third-order valence-electron chi connectivity index (χ3n) is 3.22. The van der Waals surface area contributed by atoms with E-state index >= 15 is 0 Å². The van der Waals surface area contributed by atoms with Crippen LogP contribution in [0.3, 0.4) is 0 Å². The monoisotopic (exact) mass is 263 g/mol. The van der Waals surface area contributed by atoms with Crippen LogP contribution in [-0.2, 0) is 4.74 Å². The Labute approximate surface area is 111 Å². The second kappa shape index (κ2) is 5.11. The standard InChI is InChI=1S/C14H17NO4/c1-14(18,7-8-19-2)9-15-12(16)10-5-3-4-6-11(10)13(15)17/h3-6,18H,7-9H2,1-2H3. The minimum absolute atomic E-state index is 0.0251. The Morgan fingerprint density at radius 1 is 1.21 bits per heavy atom. The highest BCUT2D eigenvalue weighted by atomic mass is 16.5. The van der Waals surface area contributed by atoms with Gasteiger partial charge in [-0.1, -0.05) is 12.1 Å². The lowest BCUT2D eigenvalue weighted by molar-refractivity contribution is -0.000289. The average molecular weight is 263 g/mol. The second-order valence-electron chi connectivity index (χ2n) is 4.98. The Balaban J connectivity index is 2.16. The van der Waals surface area contributed by atoms with Gasteiger partial charge in [0, 0.05) is 20.1 Å². The first-order valence-corrected chi connectivity index (χ1v) is 6.13. The van der Waals surface area contributed by atoms with E-state index in [0.717, 1.165) is 4.90 Å². The molecule has 0 aromatic heterocycles. The quantitative estimate of drug-likeness (QED) is 0.807. The number of hydrogen-bond acceptors (Lipinski definition) is 4. The van der Waals surface area contributed by atoms with Crippen molar-refractivity contribution in [1.82, 2.24) is 4.90 Å². The van der Waals surface area contributed by atoms with Crippen LogP contribution in [0.1, 0.15) is 34.1 Å². The fourth-order valence-corrected chi connectivity index (χ4v) is 2.12. The molecular formula is C14H17NO4. The number of aliphatic hydroxyl groups is 1. The molecular weight excluding hydrogens is 246 g/mol. The summed E-state index contributed by atoms with van der Waals surface area (Å²) in [6, 6.07) is 6.69. The van der Waals surface area contributed by atoms with Gasteiger partial charge in [0.05, 0.1) is 23.3 Å². The first kappa shape index (κ1) is 13.7. The van der Waals surface area contributed by atoms with Gasteiger partial charge in [-0.05, 0) is 19.1 Å². The maximum Gasteiger partial charge on any atom is 0.261 e. The fraction of sp³-hybridized carbons (Fsp3) is 0.429. The number of benzene rings is 1. The Bertz CT molecular complexity index is 475. The Morgan fingerprint density at radius 2 is 1.74 bits per heavy atom. The molecule has 1 atom stereocenters. The molecule has 1 N–H and O–H groups in total. The molecule has 1 aromatic carbocycles. The number of methoxy groups -OCH3 is 1. The van der Waals surface area contributed by atoms with Crippen LogP contribution < -0.4 is 0 Å². The van der Waals surface area contributed by atoms with Gasteiger partial charge in [0.15, 0.2) is 0 Å². The summed E-state index contributed by atoms with van der Waals surface area (Å²) in [5, 5.41) is 10.2. The van der Waals surface area contributed by atoms with Gasteiger partial charge >= 0.3 is 0 Å². The van der Waals surface area contributed by atoms with Gasteiger partial charge in [-0.2, -0.15) is 0 Å². The average Bonchev–Trinajstić information content (AvgIpc) is 2.62. The van der Waals surface area contributed by atoms with E-state index in [1.165, 1.54) is 7.11 Å². The van der Waals surface area contributed by atoms with Crippen molar-refractivity contribution in [2.45, 2.75) is 18.9 Å². The molecule has 1 aliphatic heterocycles. The van der Waals surface area contributed by atoms with Crippen LogP contribution in [-0.4, -0.2) is 47.7 Å².